The first-order valence-electron chi connectivity index (χ1n) is 7.81. The van der Waals surface area contributed by atoms with Crippen LogP contribution in [0.1, 0.15) is 47.7 Å². The largest absolute Gasteiger partial charge is 0.478 e. The van der Waals surface area contributed by atoms with E-state index in [0.717, 1.165) is 24.8 Å². The Hall–Kier alpha value is -2.93. The summed E-state index contributed by atoms with van der Waals surface area (Å²) in [6.07, 6.45) is 7.33. The molecule has 2 aromatic rings. The summed E-state index contributed by atoms with van der Waals surface area (Å²) in [5.41, 5.74) is 1.02. The first kappa shape index (κ1) is 17.4. The summed E-state index contributed by atoms with van der Waals surface area (Å²) >= 11 is 0. The number of nitrogens with zero attached hydrogens (tertiary/aromatic N) is 1. The Morgan fingerprint density at radius 3 is 2.54 bits per heavy atom. The Morgan fingerprint density at radius 1 is 1.25 bits per heavy atom. The van der Waals surface area contributed by atoms with Crippen LogP contribution in [0.5, 0.6) is 0 Å². The van der Waals surface area contributed by atoms with Crippen molar-refractivity contribution in [2.24, 2.45) is 0 Å². The molecule has 0 unspecified atom stereocenters. The van der Waals surface area contributed by atoms with Crippen molar-refractivity contribution in [2.75, 3.05) is 0 Å². The van der Waals surface area contributed by atoms with Gasteiger partial charge in [0.2, 0.25) is 0 Å². The van der Waals surface area contributed by atoms with Gasteiger partial charge in [0.05, 0.1) is 11.1 Å². The Bertz CT molecular complexity index is 802. The van der Waals surface area contributed by atoms with Crippen molar-refractivity contribution in [1.82, 2.24) is 0 Å². The van der Waals surface area contributed by atoms with E-state index in [0.29, 0.717) is 5.56 Å². The summed E-state index contributed by atoms with van der Waals surface area (Å²) in [4.78, 5) is 11.4. The number of benzene rings is 2. The normalized spacial score (nSPS) is 10.7. The number of carboxylic acids is 1. The predicted molar refractivity (Wildman–Crippen MR) is 92.1 cm³/mol. The molecule has 0 atom stereocenters. The number of hydrogen-bond acceptors (Lipinski definition) is 2. The minimum Gasteiger partial charge on any atom is -0.478 e. The highest BCUT2D eigenvalue weighted by atomic mass is 19.1. The van der Waals surface area contributed by atoms with Gasteiger partial charge in [0, 0.05) is 5.56 Å². The monoisotopic (exact) mass is 323 g/mol. The van der Waals surface area contributed by atoms with Crippen LogP contribution in [0, 0.1) is 17.1 Å². The maximum atomic E-state index is 14.5. The Morgan fingerprint density at radius 2 is 1.96 bits per heavy atom. The number of allylic oxidation sites excluding steroid dienone is 1. The molecule has 2 rings (SSSR count). The molecule has 0 spiro atoms. The SMILES string of the molecule is CCCCC=Cc1ccc(-c2c(C(=O)O)ccc(C#N)c2F)cc1. The highest BCUT2D eigenvalue weighted by Crippen LogP contribution is 2.29. The second-order valence-corrected chi connectivity index (χ2v) is 5.43. The van der Waals surface area contributed by atoms with Gasteiger partial charge in [-0.2, -0.15) is 5.26 Å². The molecule has 0 aliphatic carbocycles. The molecule has 0 amide bonds. The van der Waals surface area contributed by atoms with E-state index in [2.05, 4.69) is 13.0 Å². The quantitative estimate of drug-likeness (QED) is 0.737. The van der Waals surface area contributed by atoms with E-state index in [4.69, 9.17) is 5.26 Å². The van der Waals surface area contributed by atoms with Crippen molar-refractivity contribution in [1.29, 1.82) is 5.26 Å². The van der Waals surface area contributed by atoms with E-state index < -0.39 is 11.8 Å². The Balaban J connectivity index is 2.40. The summed E-state index contributed by atoms with van der Waals surface area (Å²) in [5, 5.41) is 18.2. The second-order valence-electron chi connectivity index (χ2n) is 5.43. The number of rotatable bonds is 6. The van der Waals surface area contributed by atoms with Gasteiger partial charge in [-0.3, -0.25) is 0 Å². The van der Waals surface area contributed by atoms with Crippen molar-refractivity contribution in [2.45, 2.75) is 26.2 Å². The molecule has 3 nitrogen and oxygen atoms in total. The lowest BCUT2D eigenvalue weighted by Gasteiger charge is -2.09. The van der Waals surface area contributed by atoms with Crippen LogP contribution >= 0.6 is 0 Å². The molecule has 0 saturated carbocycles. The number of carbonyl (C=O) groups is 1. The van der Waals surface area contributed by atoms with E-state index in [9.17, 15) is 14.3 Å². The molecule has 0 bridgehead atoms. The number of aromatic carboxylic acids is 1. The van der Waals surface area contributed by atoms with Crippen LogP contribution < -0.4 is 0 Å². The summed E-state index contributed by atoms with van der Waals surface area (Å²) in [5.74, 6) is -2.03. The van der Waals surface area contributed by atoms with Crippen molar-refractivity contribution < 1.29 is 14.3 Å². The molecule has 2 aromatic carbocycles. The highest BCUT2D eigenvalue weighted by Gasteiger charge is 2.19. The molecular weight excluding hydrogens is 305 g/mol. The molecule has 1 N–H and O–H groups in total. The van der Waals surface area contributed by atoms with E-state index in [-0.39, 0.29) is 16.7 Å². The average molecular weight is 323 g/mol. The van der Waals surface area contributed by atoms with Gasteiger partial charge in [-0.25, -0.2) is 9.18 Å². The van der Waals surface area contributed by atoms with Crippen LogP contribution in [0.2, 0.25) is 0 Å². The van der Waals surface area contributed by atoms with Crippen LogP contribution in [0.3, 0.4) is 0 Å². The molecule has 4 heteroatoms. The zero-order chi connectivity index (χ0) is 17.5. The maximum Gasteiger partial charge on any atom is 0.336 e. The molecule has 0 fully saturated rings. The van der Waals surface area contributed by atoms with Gasteiger partial charge < -0.3 is 5.11 Å². The minimum atomic E-state index is -1.23. The summed E-state index contributed by atoms with van der Waals surface area (Å²) < 4.78 is 14.5. The standard InChI is InChI=1S/C20H18FNO2/c1-2-3-4-5-6-14-7-9-15(10-8-14)18-17(20(23)24)12-11-16(13-22)19(18)21/h5-12H,2-4H2,1H3,(H,23,24). The second kappa shape index (κ2) is 8.07. The summed E-state index contributed by atoms with van der Waals surface area (Å²) in [6, 6.07) is 11.2. The third kappa shape index (κ3) is 3.88. The summed E-state index contributed by atoms with van der Waals surface area (Å²) in [7, 11) is 0. The number of halogens is 1. The zero-order valence-corrected chi connectivity index (χ0v) is 13.4. The van der Waals surface area contributed by atoms with Crippen molar-refractivity contribution in [3.8, 4) is 17.2 Å². The zero-order valence-electron chi connectivity index (χ0n) is 13.4. The van der Waals surface area contributed by atoms with Gasteiger partial charge in [-0.1, -0.05) is 56.2 Å². The van der Waals surface area contributed by atoms with Gasteiger partial charge in [-0.15, -0.1) is 0 Å². The fourth-order valence-corrected chi connectivity index (χ4v) is 2.43. The van der Waals surface area contributed by atoms with Crippen LogP contribution in [-0.2, 0) is 0 Å². The van der Waals surface area contributed by atoms with Crippen LogP contribution in [0.25, 0.3) is 17.2 Å². The van der Waals surface area contributed by atoms with Crippen molar-refractivity contribution >= 4 is 12.0 Å². The topological polar surface area (TPSA) is 61.1 Å². The van der Waals surface area contributed by atoms with E-state index in [1.807, 2.05) is 18.2 Å². The lowest BCUT2D eigenvalue weighted by atomic mass is 9.95. The molecular formula is C20H18FNO2. The number of carboxylic acid groups (broad SMARTS) is 1. The molecule has 24 heavy (non-hydrogen) atoms. The number of nitriles is 1. The fraction of sp³-hybridized carbons (Fsp3) is 0.200. The predicted octanol–water partition coefficient (Wildman–Crippen LogP) is 5.27. The first-order valence-corrected chi connectivity index (χ1v) is 7.81. The summed E-state index contributed by atoms with van der Waals surface area (Å²) in [6.45, 7) is 2.13. The highest BCUT2D eigenvalue weighted by molar-refractivity contribution is 5.96. The van der Waals surface area contributed by atoms with Crippen LogP contribution in [0.4, 0.5) is 4.39 Å². The lowest BCUT2D eigenvalue weighted by Crippen LogP contribution is -2.03. The van der Waals surface area contributed by atoms with Gasteiger partial charge >= 0.3 is 5.97 Å². The molecule has 122 valence electrons. The molecule has 0 aliphatic rings. The molecule has 0 heterocycles. The van der Waals surface area contributed by atoms with E-state index in [1.54, 1.807) is 18.2 Å². The molecule has 0 aliphatic heterocycles. The van der Waals surface area contributed by atoms with Crippen molar-refractivity contribution in [3.63, 3.8) is 0 Å². The molecule has 0 aromatic heterocycles. The van der Waals surface area contributed by atoms with Gasteiger partial charge in [0.1, 0.15) is 11.9 Å². The van der Waals surface area contributed by atoms with Gasteiger partial charge in [-0.05, 0) is 29.7 Å². The third-order valence-corrected chi connectivity index (χ3v) is 3.73. The average Bonchev–Trinajstić information content (AvgIpc) is 2.59. The van der Waals surface area contributed by atoms with E-state index >= 15 is 0 Å². The Labute approximate surface area is 140 Å². The van der Waals surface area contributed by atoms with Crippen LogP contribution in [-0.4, -0.2) is 11.1 Å². The number of hydrogen-bond donors (Lipinski definition) is 1. The fourth-order valence-electron chi connectivity index (χ4n) is 2.43. The third-order valence-electron chi connectivity index (χ3n) is 3.73. The number of unbranched alkanes of at least 4 members (excludes halogenated alkanes) is 2. The maximum absolute atomic E-state index is 14.5. The van der Waals surface area contributed by atoms with E-state index in [1.165, 1.54) is 12.1 Å². The first-order chi connectivity index (χ1) is 11.6. The van der Waals surface area contributed by atoms with Gasteiger partial charge in [0.15, 0.2) is 0 Å². The lowest BCUT2D eigenvalue weighted by molar-refractivity contribution is 0.0697. The van der Waals surface area contributed by atoms with Gasteiger partial charge in [0.25, 0.3) is 0 Å². The van der Waals surface area contributed by atoms with Crippen LogP contribution in [0.15, 0.2) is 42.5 Å². The molecule has 0 saturated heterocycles. The Kier molecular flexibility index (Phi) is 5.86. The van der Waals surface area contributed by atoms with Crippen molar-refractivity contribution in [3.05, 3.63) is 65.0 Å². The minimum absolute atomic E-state index is 0.0527. The molecule has 0 radical (unpaired) electrons. The smallest absolute Gasteiger partial charge is 0.336 e.